The van der Waals surface area contributed by atoms with Crippen LogP contribution >= 0.6 is 0 Å². The fraction of sp³-hybridized carbons (Fsp3) is 0.400. The predicted molar refractivity (Wildman–Crippen MR) is 32.8 cm³/mol. The van der Waals surface area contributed by atoms with Crippen molar-refractivity contribution in [1.82, 2.24) is 0 Å². The van der Waals surface area contributed by atoms with Gasteiger partial charge in [0.25, 0.3) is 0 Å². The van der Waals surface area contributed by atoms with Crippen molar-refractivity contribution in [1.29, 1.82) is 0 Å². The summed E-state index contributed by atoms with van der Waals surface area (Å²) in [7, 11) is 0. The quantitative estimate of drug-likeness (QED) is 0.439. The Kier molecular flexibility index (Phi) is 7.25. The molecule has 2 nitrogen and oxygen atoms in total. The van der Waals surface area contributed by atoms with E-state index in [-0.39, 0.29) is 38.8 Å². The molecule has 0 aromatic carbocycles. The van der Waals surface area contributed by atoms with E-state index in [1.54, 1.807) is 0 Å². The van der Waals surface area contributed by atoms with Crippen LogP contribution in [-0.4, -0.2) is 38.2 Å². The van der Waals surface area contributed by atoms with Crippen molar-refractivity contribution >= 4 is 33.1 Å². The fourth-order valence-electron chi connectivity index (χ4n) is 0.294. The summed E-state index contributed by atoms with van der Waals surface area (Å²) in [5, 5.41) is 8.36. The van der Waals surface area contributed by atoms with Gasteiger partial charge in [0.1, 0.15) is 0 Å². The monoisotopic (exact) mass is 305 g/mol. The Morgan fingerprint density at radius 2 is 1.88 bits per heavy atom. The second-order valence-electron chi connectivity index (χ2n) is 1.40. The zero-order valence-electron chi connectivity index (χ0n) is 5.01. The molecular weight excluding hydrogens is 296 g/mol. The van der Waals surface area contributed by atoms with Gasteiger partial charge in [-0.15, -0.1) is 0 Å². The van der Waals surface area contributed by atoms with Crippen LogP contribution in [-0.2, 0) is 4.79 Å². The number of rotatable bonds is 1. The maximum atomic E-state index is 10.0. The van der Waals surface area contributed by atoms with Gasteiger partial charge in [0.2, 0.25) is 0 Å². The molecule has 3 heteroatoms. The maximum absolute atomic E-state index is 10.0. The first-order valence-corrected chi connectivity index (χ1v) is 2.01. The van der Waals surface area contributed by atoms with Gasteiger partial charge in [-0.3, -0.25) is 4.79 Å². The van der Waals surface area contributed by atoms with Gasteiger partial charge in [0.05, 0.1) is 5.76 Å². The van der Waals surface area contributed by atoms with Crippen molar-refractivity contribution in [2.75, 3.05) is 0 Å². The number of hydrogen-bond acceptors (Lipinski definition) is 2. The fourth-order valence-corrected chi connectivity index (χ4v) is 0.294. The summed E-state index contributed by atoms with van der Waals surface area (Å²) >= 11 is 0. The Morgan fingerprint density at radius 1 is 1.50 bits per heavy atom. The molecule has 0 aliphatic heterocycles. The Balaban J connectivity index is 0. The first-order chi connectivity index (χ1) is 3.13. The second kappa shape index (κ2) is 5.27. The minimum absolute atomic E-state index is 0. The third kappa shape index (κ3) is 9.46. The van der Waals surface area contributed by atoms with Crippen LogP contribution in [0.25, 0.3) is 0 Å². The summed E-state index contributed by atoms with van der Waals surface area (Å²) in [6.07, 6.45) is 1.17. The van der Waals surface area contributed by atoms with Crippen LogP contribution in [0.5, 0.6) is 0 Å². The molecule has 0 fully saturated rings. The van der Waals surface area contributed by atoms with Crippen molar-refractivity contribution in [2.45, 2.75) is 13.8 Å². The number of carbonyl (C=O) groups is 1. The van der Waals surface area contributed by atoms with Crippen LogP contribution in [0.2, 0.25) is 0 Å². The smallest absolute Gasteiger partial charge is 0.155 e. The van der Waals surface area contributed by atoms with E-state index in [1.807, 2.05) is 0 Å². The van der Waals surface area contributed by atoms with E-state index < -0.39 is 0 Å². The van der Waals surface area contributed by atoms with Crippen molar-refractivity contribution in [3.8, 4) is 0 Å². The van der Waals surface area contributed by atoms with Crippen LogP contribution in [0.3, 0.4) is 0 Å². The van der Waals surface area contributed by atoms with Gasteiger partial charge in [-0.05, 0) is 13.8 Å². The molecule has 0 bridgehead atoms. The zero-order valence-corrected chi connectivity index (χ0v) is 9.50. The molecule has 0 unspecified atom stereocenters. The van der Waals surface area contributed by atoms with E-state index in [1.165, 1.54) is 19.9 Å². The molecule has 1 radical (unpaired) electrons. The first kappa shape index (κ1) is 11.0. The van der Waals surface area contributed by atoms with Gasteiger partial charge < -0.3 is 5.11 Å². The molecule has 0 heterocycles. The molecule has 0 amide bonds. The SMILES string of the molecule is CC(=O)/C=C(/C)O.[Tl]. The standard InChI is InChI=1S/C5H8O2.Tl/c1-4(6)3-5(2)7;/h3,6H,1-2H3;/b4-3-;. The molecule has 0 atom stereocenters. The van der Waals surface area contributed by atoms with Crippen LogP contribution < -0.4 is 0 Å². The molecule has 0 rings (SSSR count). The van der Waals surface area contributed by atoms with E-state index in [0.29, 0.717) is 0 Å². The zero-order chi connectivity index (χ0) is 5.86. The summed E-state index contributed by atoms with van der Waals surface area (Å²) in [6, 6.07) is 0. The molecule has 1 N–H and O–H groups in total. The summed E-state index contributed by atoms with van der Waals surface area (Å²) < 4.78 is 0. The number of hydrogen-bond donors (Lipinski definition) is 1. The Hall–Kier alpha value is 0.132. The Morgan fingerprint density at radius 3 is 1.88 bits per heavy atom. The molecule has 0 aliphatic rings. The Bertz CT molecular complexity index is 103. The summed E-state index contributed by atoms with van der Waals surface area (Å²) in [4.78, 5) is 10.0. The van der Waals surface area contributed by atoms with Crippen molar-refractivity contribution < 1.29 is 9.90 Å². The number of carbonyl (C=O) groups excluding carboxylic acids is 1. The number of aliphatic hydroxyl groups is 1. The number of aliphatic hydroxyl groups excluding tert-OH is 1. The van der Waals surface area contributed by atoms with Crippen LogP contribution in [0, 0.1) is 0 Å². The van der Waals surface area contributed by atoms with E-state index in [0.717, 1.165) is 0 Å². The average molecular weight is 304 g/mol. The van der Waals surface area contributed by atoms with E-state index in [2.05, 4.69) is 0 Å². The predicted octanol–water partition coefficient (Wildman–Crippen LogP) is 0.656. The molecule has 0 saturated carbocycles. The van der Waals surface area contributed by atoms with Crippen molar-refractivity contribution in [2.24, 2.45) is 0 Å². The third-order valence-electron chi connectivity index (χ3n) is 0.412. The van der Waals surface area contributed by atoms with Gasteiger partial charge in [-0.1, -0.05) is 0 Å². The molecule has 0 saturated heterocycles. The molecule has 8 heavy (non-hydrogen) atoms. The molecular formula is C5H8O2Tl. The van der Waals surface area contributed by atoms with Crippen LogP contribution in [0.4, 0.5) is 0 Å². The molecule has 0 aromatic rings. The topological polar surface area (TPSA) is 37.3 Å². The number of allylic oxidation sites excluding steroid dienone is 2. The van der Waals surface area contributed by atoms with Gasteiger partial charge in [0.15, 0.2) is 5.78 Å². The van der Waals surface area contributed by atoms with Gasteiger partial charge >= 0.3 is 0 Å². The normalized spacial score (nSPS) is 10.0. The van der Waals surface area contributed by atoms with Gasteiger partial charge in [-0.2, -0.15) is 0 Å². The molecule has 0 aromatic heterocycles. The minimum Gasteiger partial charge on any atom is -0.512 e. The van der Waals surface area contributed by atoms with Gasteiger partial charge in [-0.25, -0.2) is 0 Å². The summed E-state index contributed by atoms with van der Waals surface area (Å²) in [6.45, 7) is 2.85. The van der Waals surface area contributed by atoms with E-state index in [4.69, 9.17) is 5.11 Å². The Labute approximate surface area is 68.7 Å². The van der Waals surface area contributed by atoms with E-state index >= 15 is 0 Å². The van der Waals surface area contributed by atoms with E-state index in [9.17, 15) is 4.79 Å². The van der Waals surface area contributed by atoms with Crippen LogP contribution in [0.1, 0.15) is 13.8 Å². The maximum Gasteiger partial charge on any atom is 0.155 e. The molecule has 43 valence electrons. The van der Waals surface area contributed by atoms with Gasteiger partial charge in [0, 0.05) is 33.4 Å². The molecule has 0 aliphatic carbocycles. The largest absolute Gasteiger partial charge is 0.512 e. The third-order valence-corrected chi connectivity index (χ3v) is 0.412. The average Bonchev–Trinajstić information content (AvgIpc) is 1.27. The minimum atomic E-state index is -0.125. The summed E-state index contributed by atoms with van der Waals surface area (Å²) in [5.74, 6) is -0.0625. The van der Waals surface area contributed by atoms with Crippen LogP contribution in [0.15, 0.2) is 11.8 Å². The van der Waals surface area contributed by atoms with Crippen molar-refractivity contribution in [3.05, 3.63) is 11.8 Å². The molecule has 0 spiro atoms. The second-order valence-corrected chi connectivity index (χ2v) is 1.40. The number of ketones is 1. The first-order valence-electron chi connectivity index (χ1n) is 2.01. The summed E-state index contributed by atoms with van der Waals surface area (Å²) in [5.41, 5.74) is 0. The van der Waals surface area contributed by atoms with Crippen molar-refractivity contribution in [3.63, 3.8) is 0 Å².